The van der Waals surface area contributed by atoms with E-state index in [0.717, 1.165) is 19.3 Å². The zero-order valence-corrected chi connectivity index (χ0v) is 11.5. The van der Waals surface area contributed by atoms with Crippen LogP contribution in [0, 0.1) is 0 Å². The van der Waals surface area contributed by atoms with Gasteiger partial charge in [0.25, 0.3) is 0 Å². The fourth-order valence-electron chi connectivity index (χ4n) is 2.22. The first-order chi connectivity index (χ1) is 7.81. The van der Waals surface area contributed by atoms with Crippen LogP contribution in [0.1, 0.15) is 53.4 Å². The third-order valence-electron chi connectivity index (χ3n) is 3.50. The van der Waals surface area contributed by atoms with Gasteiger partial charge >= 0.3 is 0 Å². The van der Waals surface area contributed by atoms with Crippen molar-refractivity contribution in [3.8, 4) is 0 Å². The Morgan fingerprint density at radius 2 is 2.12 bits per heavy atom. The minimum absolute atomic E-state index is 0.221. The summed E-state index contributed by atoms with van der Waals surface area (Å²) in [5, 5.41) is 0. The lowest BCUT2D eigenvalue weighted by Gasteiger charge is -2.42. The van der Waals surface area contributed by atoms with Gasteiger partial charge in [-0.3, -0.25) is 4.79 Å². The molecule has 0 bridgehead atoms. The maximum atomic E-state index is 12.0. The largest absolute Gasteiger partial charge is 0.357 e. The van der Waals surface area contributed by atoms with Crippen molar-refractivity contribution in [3.05, 3.63) is 24.3 Å². The van der Waals surface area contributed by atoms with Crippen molar-refractivity contribution in [1.82, 2.24) is 0 Å². The number of hydrogen-bond acceptors (Lipinski definition) is 2. The molecule has 0 aromatic heterocycles. The minimum Gasteiger partial charge on any atom is -0.357 e. The number of ketones is 1. The van der Waals surface area contributed by atoms with Crippen molar-refractivity contribution >= 4 is 5.78 Å². The summed E-state index contributed by atoms with van der Waals surface area (Å²) in [5.41, 5.74) is 0.282. The summed E-state index contributed by atoms with van der Waals surface area (Å²) < 4.78 is 6.01. The Hall–Kier alpha value is -0.890. The number of allylic oxidation sites excluding steroid dienone is 2. The van der Waals surface area contributed by atoms with Gasteiger partial charge in [0.1, 0.15) is 5.60 Å². The first-order valence-electron chi connectivity index (χ1n) is 6.32. The Kier molecular flexibility index (Phi) is 4.31. The zero-order chi connectivity index (χ0) is 13.1. The van der Waals surface area contributed by atoms with Crippen molar-refractivity contribution in [2.75, 3.05) is 0 Å². The third kappa shape index (κ3) is 3.53. The van der Waals surface area contributed by atoms with Crippen LogP contribution >= 0.6 is 0 Å². The van der Waals surface area contributed by atoms with Gasteiger partial charge in [-0.25, -0.2) is 0 Å². The topological polar surface area (TPSA) is 26.3 Å². The predicted molar refractivity (Wildman–Crippen MR) is 71.0 cm³/mol. The monoisotopic (exact) mass is 236 g/mol. The van der Waals surface area contributed by atoms with Gasteiger partial charge in [-0.15, -0.1) is 6.58 Å². The predicted octanol–water partition coefficient (Wildman–Crippen LogP) is 3.82. The average Bonchev–Trinajstić information content (AvgIpc) is 2.24. The van der Waals surface area contributed by atoms with Crippen LogP contribution in [0.3, 0.4) is 0 Å². The van der Waals surface area contributed by atoms with Crippen LogP contribution in [0.5, 0.6) is 0 Å². The Morgan fingerprint density at radius 1 is 1.47 bits per heavy atom. The van der Waals surface area contributed by atoms with Crippen LogP contribution in [-0.4, -0.2) is 17.0 Å². The number of hydrogen-bond donors (Lipinski definition) is 0. The molecule has 1 saturated heterocycles. The number of carbonyl (C=O) groups is 1. The van der Waals surface area contributed by atoms with E-state index in [-0.39, 0.29) is 11.4 Å². The lowest BCUT2D eigenvalue weighted by Crippen LogP contribution is -2.50. The van der Waals surface area contributed by atoms with Gasteiger partial charge in [0, 0.05) is 6.42 Å². The SMILES string of the molecule is C=C[C@@]1(C)CCC(=O)[C@@](C)(CCC=C(C)C)O1. The second-order valence-electron chi connectivity index (χ2n) is 5.59. The van der Waals surface area contributed by atoms with E-state index in [9.17, 15) is 4.79 Å². The summed E-state index contributed by atoms with van der Waals surface area (Å²) in [7, 11) is 0. The third-order valence-corrected chi connectivity index (χ3v) is 3.50. The second kappa shape index (κ2) is 5.18. The van der Waals surface area contributed by atoms with E-state index in [1.54, 1.807) is 0 Å². The fourth-order valence-corrected chi connectivity index (χ4v) is 2.22. The molecule has 1 aliphatic rings. The summed E-state index contributed by atoms with van der Waals surface area (Å²) in [6.07, 6.45) is 6.94. The zero-order valence-electron chi connectivity index (χ0n) is 11.5. The van der Waals surface area contributed by atoms with Crippen LogP contribution < -0.4 is 0 Å². The Balaban J connectivity index is 2.73. The molecule has 0 aromatic carbocycles. The summed E-state index contributed by atoms with van der Waals surface area (Å²) in [6, 6.07) is 0. The Morgan fingerprint density at radius 3 is 2.65 bits per heavy atom. The van der Waals surface area contributed by atoms with Gasteiger partial charge in [0.2, 0.25) is 0 Å². The van der Waals surface area contributed by atoms with E-state index >= 15 is 0 Å². The average molecular weight is 236 g/mol. The molecular formula is C15H24O2. The van der Waals surface area contributed by atoms with E-state index in [4.69, 9.17) is 4.74 Å². The molecule has 0 amide bonds. The molecule has 0 N–H and O–H groups in total. The molecule has 96 valence electrons. The van der Waals surface area contributed by atoms with E-state index in [0.29, 0.717) is 6.42 Å². The molecule has 17 heavy (non-hydrogen) atoms. The molecule has 0 unspecified atom stereocenters. The van der Waals surface area contributed by atoms with Gasteiger partial charge in [-0.1, -0.05) is 17.7 Å². The van der Waals surface area contributed by atoms with Crippen LogP contribution in [0.4, 0.5) is 0 Å². The number of ether oxygens (including phenoxy) is 1. The van der Waals surface area contributed by atoms with Crippen LogP contribution in [0.2, 0.25) is 0 Å². The first-order valence-corrected chi connectivity index (χ1v) is 6.32. The molecule has 2 atom stereocenters. The first kappa shape index (κ1) is 14.2. The number of Topliss-reactive ketones (excluding diaryl/α,β-unsaturated/α-hetero) is 1. The molecule has 0 spiro atoms. The number of rotatable bonds is 4. The van der Waals surface area contributed by atoms with E-state index < -0.39 is 5.60 Å². The van der Waals surface area contributed by atoms with Crippen molar-refractivity contribution in [3.63, 3.8) is 0 Å². The second-order valence-corrected chi connectivity index (χ2v) is 5.59. The van der Waals surface area contributed by atoms with Gasteiger partial charge in [0.15, 0.2) is 5.78 Å². The highest BCUT2D eigenvalue weighted by Crippen LogP contribution is 2.36. The Bertz CT molecular complexity index is 339. The molecule has 1 heterocycles. The summed E-state index contributed by atoms with van der Waals surface area (Å²) >= 11 is 0. The molecule has 1 aliphatic heterocycles. The maximum Gasteiger partial charge on any atom is 0.164 e. The molecule has 2 heteroatoms. The van der Waals surface area contributed by atoms with Crippen molar-refractivity contribution in [2.24, 2.45) is 0 Å². The molecule has 0 aliphatic carbocycles. The van der Waals surface area contributed by atoms with Gasteiger partial charge in [-0.05, 0) is 47.0 Å². The van der Waals surface area contributed by atoms with Crippen molar-refractivity contribution in [1.29, 1.82) is 0 Å². The molecule has 0 radical (unpaired) electrons. The van der Waals surface area contributed by atoms with Crippen molar-refractivity contribution < 1.29 is 9.53 Å². The normalized spacial score (nSPS) is 33.3. The van der Waals surface area contributed by atoms with Crippen LogP contribution in [-0.2, 0) is 9.53 Å². The molecule has 1 rings (SSSR count). The molecule has 2 nitrogen and oxygen atoms in total. The summed E-state index contributed by atoms with van der Waals surface area (Å²) in [5.74, 6) is 0.221. The highest BCUT2D eigenvalue weighted by atomic mass is 16.5. The molecule has 1 fully saturated rings. The highest BCUT2D eigenvalue weighted by Gasteiger charge is 2.43. The molecular weight excluding hydrogens is 212 g/mol. The fraction of sp³-hybridized carbons (Fsp3) is 0.667. The summed E-state index contributed by atoms with van der Waals surface area (Å²) in [4.78, 5) is 12.0. The number of carbonyl (C=O) groups excluding carboxylic acids is 1. The standard InChI is InChI=1S/C15H24O2/c1-6-14(4)11-9-13(16)15(5,17-14)10-7-8-12(2)3/h6,8H,1,7,9-11H2,2-5H3/t14-,15+/m0/s1. The van der Waals surface area contributed by atoms with E-state index in [1.807, 2.05) is 19.9 Å². The highest BCUT2D eigenvalue weighted by molar-refractivity contribution is 5.87. The van der Waals surface area contributed by atoms with E-state index in [1.165, 1.54) is 5.57 Å². The maximum absolute atomic E-state index is 12.0. The summed E-state index contributed by atoms with van der Waals surface area (Å²) in [6.45, 7) is 11.9. The minimum atomic E-state index is -0.646. The van der Waals surface area contributed by atoms with E-state index in [2.05, 4.69) is 26.5 Å². The molecule has 0 saturated carbocycles. The van der Waals surface area contributed by atoms with Crippen molar-refractivity contribution in [2.45, 2.75) is 64.6 Å². The van der Waals surface area contributed by atoms with Gasteiger partial charge < -0.3 is 4.74 Å². The molecule has 0 aromatic rings. The smallest absolute Gasteiger partial charge is 0.164 e. The lowest BCUT2D eigenvalue weighted by molar-refractivity contribution is -0.174. The van der Waals surface area contributed by atoms with Gasteiger partial charge in [0.05, 0.1) is 5.60 Å². The van der Waals surface area contributed by atoms with Crippen LogP contribution in [0.15, 0.2) is 24.3 Å². The van der Waals surface area contributed by atoms with Crippen LogP contribution in [0.25, 0.3) is 0 Å². The quantitative estimate of drug-likeness (QED) is 0.694. The Labute approximate surface area is 105 Å². The lowest BCUT2D eigenvalue weighted by atomic mass is 9.83. The van der Waals surface area contributed by atoms with Gasteiger partial charge in [-0.2, -0.15) is 0 Å².